The highest BCUT2D eigenvalue weighted by atomic mass is 16.2. The van der Waals surface area contributed by atoms with Crippen molar-refractivity contribution < 1.29 is 4.79 Å². The van der Waals surface area contributed by atoms with Gasteiger partial charge >= 0.3 is 0 Å². The molecule has 21 heavy (non-hydrogen) atoms. The molecule has 1 saturated heterocycles. The van der Waals surface area contributed by atoms with E-state index in [0.717, 1.165) is 31.7 Å². The minimum Gasteiger partial charge on any atom is -0.315 e. The van der Waals surface area contributed by atoms with E-state index in [4.69, 9.17) is 5.26 Å². The molecule has 0 aliphatic carbocycles. The number of hydrogen-bond acceptors (Lipinski definition) is 4. The fourth-order valence-electron chi connectivity index (χ4n) is 2.71. The van der Waals surface area contributed by atoms with Gasteiger partial charge in [-0.25, -0.2) is 0 Å². The summed E-state index contributed by atoms with van der Waals surface area (Å²) < 4.78 is 0. The summed E-state index contributed by atoms with van der Waals surface area (Å²) in [5, 5.41) is 12.3. The summed E-state index contributed by atoms with van der Waals surface area (Å²) in [6, 6.07) is 11.9. The van der Waals surface area contributed by atoms with Crippen molar-refractivity contribution in [3.63, 3.8) is 0 Å². The van der Waals surface area contributed by atoms with Crippen LogP contribution in [0.5, 0.6) is 0 Å². The van der Waals surface area contributed by atoms with E-state index in [-0.39, 0.29) is 12.5 Å². The quantitative estimate of drug-likeness (QED) is 0.799. The Hall–Kier alpha value is -1.90. The van der Waals surface area contributed by atoms with Crippen LogP contribution in [0.25, 0.3) is 0 Å². The van der Waals surface area contributed by atoms with Crippen LogP contribution in [0.2, 0.25) is 0 Å². The van der Waals surface area contributed by atoms with Gasteiger partial charge in [0.15, 0.2) is 0 Å². The largest absolute Gasteiger partial charge is 0.315 e. The predicted octanol–water partition coefficient (Wildman–Crippen LogP) is 1.23. The van der Waals surface area contributed by atoms with Gasteiger partial charge in [-0.2, -0.15) is 5.26 Å². The molecule has 1 atom stereocenters. The Morgan fingerprint density at radius 1 is 1.43 bits per heavy atom. The SMILES string of the molecule is CCN(CC(=O)N(CC#N)c1ccccc1)C1CCNC1. The Kier molecular flexibility index (Phi) is 5.73. The zero-order chi connectivity index (χ0) is 15.1. The maximum atomic E-state index is 12.6. The topological polar surface area (TPSA) is 59.4 Å². The second kappa shape index (κ2) is 7.77. The molecule has 5 nitrogen and oxygen atoms in total. The number of benzene rings is 1. The van der Waals surface area contributed by atoms with Gasteiger partial charge in [0, 0.05) is 18.3 Å². The fourth-order valence-corrected chi connectivity index (χ4v) is 2.71. The zero-order valence-electron chi connectivity index (χ0n) is 12.5. The van der Waals surface area contributed by atoms with Gasteiger partial charge in [0.2, 0.25) is 5.91 Å². The van der Waals surface area contributed by atoms with Gasteiger partial charge in [0.25, 0.3) is 0 Å². The molecular formula is C16H22N4O. The molecule has 1 amide bonds. The molecule has 2 rings (SSSR count). The molecule has 1 fully saturated rings. The Balaban J connectivity index is 2.06. The van der Waals surface area contributed by atoms with Crippen LogP contribution in [-0.4, -0.2) is 49.6 Å². The van der Waals surface area contributed by atoms with Crippen molar-refractivity contribution in [2.75, 3.05) is 37.6 Å². The highest BCUT2D eigenvalue weighted by molar-refractivity contribution is 5.95. The van der Waals surface area contributed by atoms with E-state index in [0.29, 0.717) is 12.6 Å². The summed E-state index contributed by atoms with van der Waals surface area (Å²) >= 11 is 0. The summed E-state index contributed by atoms with van der Waals surface area (Å²) in [6.07, 6.45) is 1.07. The van der Waals surface area contributed by atoms with E-state index in [9.17, 15) is 4.79 Å². The van der Waals surface area contributed by atoms with Gasteiger partial charge in [-0.1, -0.05) is 25.1 Å². The van der Waals surface area contributed by atoms with Gasteiger partial charge in [-0.3, -0.25) is 14.6 Å². The number of likely N-dealkylation sites (N-methyl/N-ethyl adjacent to an activating group) is 1. The number of hydrogen-bond donors (Lipinski definition) is 1. The average molecular weight is 286 g/mol. The molecule has 1 unspecified atom stereocenters. The van der Waals surface area contributed by atoms with Crippen LogP contribution in [0.1, 0.15) is 13.3 Å². The fraction of sp³-hybridized carbons (Fsp3) is 0.500. The van der Waals surface area contributed by atoms with Gasteiger partial charge in [-0.15, -0.1) is 0 Å². The second-order valence-electron chi connectivity index (χ2n) is 5.18. The number of carbonyl (C=O) groups excluding carboxylic acids is 1. The summed E-state index contributed by atoms with van der Waals surface area (Å²) in [4.78, 5) is 16.3. The monoisotopic (exact) mass is 286 g/mol. The number of rotatable bonds is 6. The minimum atomic E-state index is -0.0171. The van der Waals surface area contributed by atoms with Crippen molar-refractivity contribution in [3.8, 4) is 6.07 Å². The van der Waals surface area contributed by atoms with E-state index >= 15 is 0 Å². The van der Waals surface area contributed by atoms with Gasteiger partial charge in [0.05, 0.1) is 12.6 Å². The molecule has 1 aromatic carbocycles. The molecule has 1 N–H and O–H groups in total. The number of para-hydroxylation sites is 1. The third-order valence-corrected chi connectivity index (χ3v) is 3.89. The second-order valence-corrected chi connectivity index (χ2v) is 5.18. The molecule has 0 bridgehead atoms. The molecule has 1 aliphatic heterocycles. The zero-order valence-corrected chi connectivity index (χ0v) is 12.5. The number of nitrogens with one attached hydrogen (secondary N) is 1. The molecule has 1 heterocycles. The Morgan fingerprint density at radius 2 is 2.19 bits per heavy atom. The summed E-state index contributed by atoms with van der Waals surface area (Å²) in [5.74, 6) is -0.0171. The molecule has 1 aromatic rings. The average Bonchev–Trinajstić information content (AvgIpc) is 3.05. The van der Waals surface area contributed by atoms with Crippen LogP contribution >= 0.6 is 0 Å². The molecular weight excluding hydrogens is 264 g/mol. The maximum Gasteiger partial charge on any atom is 0.242 e. The molecule has 0 spiro atoms. The third-order valence-electron chi connectivity index (χ3n) is 3.89. The normalized spacial score (nSPS) is 17.7. The molecule has 1 aliphatic rings. The molecule has 0 saturated carbocycles. The van der Waals surface area contributed by atoms with E-state index in [1.807, 2.05) is 30.3 Å². The number of carbonyl (C=O) groups is 1. The Labute approximate surface area is 126 Å². The van der Waals surface area contributed by atoms with Crippen LogP contribution in [-0.2, 0) is 4.79 Å². The van der Waals surface area contributed by atoms with Crippen molar-refractivity contribution >= 4 is 11.6 Å². The van der Waals surface area contributed by atoms with Gasteiger partial charge in [0.1, 0.15) is 6.54 Å². The summed E-state index contributed by atoms with van der Waals surface area (Å²) in [6.45, 7) is 5.30. The van der Waals surface area contributed by atoms with Gasteiger partial charge in [-0.05, 0) is 31.6 Å². The third kappa shape index (κ3) is 4.03. The van der Waals surface area contributed by atoms with Crippen LogP contribution in [0, 0.1) is 11.3 Å². The van der Waals surface area contributed by atoms with Crippen molar-refractivity contribution in [3.05, 3.63) is 30.3 Å². The highest BCUT2D eigenvalue weighted by Crippen LogP contribution is 2.15. The van der Waals surface area contributed by atoms with E-state index in [1.165, 1.54) is 0 Å². The molecule has 0 aromatic heterocycles. The molecule has 112 valence electrons. The lowest BCUT2D eigenvalue weighted by molar-refractivity contribution is -0.120. The first kappa shape index (κ1) is 15.5. The lowest BCUT2D eigenvalue weighted by Gasteiger charge is -2.29. The predicted molar refractivity (Wildman–Crippen MR) is 82.9 cm³/mol. The van der Waals surface area contributed by atoms with Gasteiger partial charge < -0.3 is 5.32 Å². The van der Waals surface area contributed by atoms with E-state index in [1.54, 1.807) is 4.90 Å². The van der Waals surface area contributed by atoms with Crippen LogP contribution in [0.15, 0.2) is 30.3 Å². The van der Waals surface area contributed by atoms with Crippen molar-refractivity contribution in [1.82, 2.24) is 10.2 Å². The Bertz CT molecular complexity index is 491. The number of amides is 1. The van der Waals surface area contributed by atoms with Crippen LogP contribution < -0.4 is 10.2 Å². The lowest BCUT2D eigenvalue weighted by Crippen LogP contribution is -2.45. The van der Waals surface area contributed by atoms with E-state index in [2.05, 4.69) is 23.2 Å². The number of nitriles is 1. The first-order chi connectivity index (χ1) is 10.3. The Morgan fingerprint density at radius 3 is 2.76 bits per heavy atom. The van der Waals surface area contributed by atoms with Crippen molar-refractivity contribution in [2.24, 2.45) is 0 Å². The molecule has 0 radical (unpaired) electrons. The smallest absolute Gasteiger partial charge is 0.242 e. The first-order valence-corrected chi connectivity index (χ1v) is 7.43. The standard InChI is InChI=1S/C16H22N4O/c1-2-19(15-8-10-18-12-15)13-16(21)20(11-9-17)14-6-4-3-5-7-14/h3-7,15,18H,2,8,10-13H2,1H3. The number of nitrogens with zero attached hydrogens (tertiary/aromatic N) is 3. The van der Waals surface area contributed by atoms with Crippen molar-refractivity contribution in [1.29, 1.82) is 5.26 Å². The van der Waals surface area contributed by atoms with E-state index < -0.39 is 0 Å². The van der Waals surface area contributed by atoms with Crippen LogP contribution in [0.3, 0.4) is 0 Å². The highest BCUT2D eigenvalue weighted by Gasteiger charge is 2.25. The maximum absolute atomic E-state index is 12.6. The molecule has 5 heteroatoms. The minimum absolute atomic E-state index is 0.0171. The van der Waals surface area contributed by atoms with Crippen LogP contribution in [0.4, 0.5) is 5.69 Å². The number of anilines is 1. The van der Waals surface area contributed by atoms with Crippen molar-refractivity contribution in [2.45, 2.75) is 19.4 Å². The first-order valence-electron chi connectivity index (χ1n) is 7.43. The summed E-state index contributed by atoms with van der Waals surface area (Å²) in [7, 11) is 0. The summed E-state index contributed by atoms with van der Waals surface area (Å²) in [5.41, 5.74) is 0.782. The lowest BCUT2D eigenvalue weighted by atomic mass is 10.2.